The second-order valence-corrected chi connectivity index (χ2v) is 9.08. The normalized spacial score (nSPS) is 18.9. The molecular formula is C24H31N7O. The fourth-order valence-corrected chi connectivity index (χ4v) is 4.62. The fraction of sp³-hybridized carbons (Fsp3) is 0.458. The van der Waals surface area contributed by atoms with Crippen molar-refractivity contribution >= 4 is 28.4 Å². The molecule has 3 aromatic rings. The zero-order valence-corrected chi connectivity index (χ0v) is 18.8. The van der Waals surface area contributed by atoms with Crippen LogP contribution in [0, 0.1) is 5.92 Å². The molecule has 8 nitrogen and oxygen atoms in total. The van der Waals surface area contributed by atoms with Crippen molar-refractivity contribution in [1.82, 2.24) is 24.8 Å². The van der Waals surface area contributed by atoms with Crippen molar-refractivity contribution < 1.29 is 4.79 Å². The molecule has 0 aromatic carbocycles. The summed E-state index contributed by atoms with van der Waals surface area (Å²) in [7, 11) is 4.26. The molecule has 2 fully saturated rings. The summed E-state index contributed by atoms with van der Waals surface area (Å²) in [5, 5.41) is 4.10. The van der Waals surface area contributed by atoms with Crippen molar-refractivity contribution in [1.29, 1.82) is 0 Å². The number of pyridine rings is 2. The number of anilines is 2. The van der Waals surface area contributed by atoms with Gasteiger partial charge in [0.25, 0.3) is 0 Å². The fourth-order valence-electron chi connectivity index (χ4n) is 4.62. The number of carbonyl (C=O) groups is 1. The maximum Gasteiger partial charge on any atom is 0.227 e. The number of nitrogens with zero attached hydrogens (tertiary/aromatic N) is 5. The Kier molecular flexibility index (Phi) is 5.80. The van der Waals surface area contributed by atoms with Crippen LogP contribution in [-0.4, -0.2) is 84.0 Å². The molecule has 32 heavy (non-hydrogen) atoms. The molecule has 2 aliphatic rings. The second-order valence-electron chi connectivity index (χ2n) is 9.08. The second kappa shape index (κ2) is 8.88. The number of hydrogen-bond acceptors (Lipinski definition) is 6. The number of nitrogens with one attached hydrogen (secondary N) is 2. The minimum atomic E-state index is 0.0685. The van der Waals surface area contributed by atoms with Crippen LogP contribution in [0.25, 0.3) is 22.2 Å². The SMILES string of the molecule is CN1CCC(C(=O)Nc2cnc3[nH]cc(-c4ccnc(N5CCN(C)CC5)c4)c3c2)CC1. The first kappa shape index (κ1) is 20.9. The molecule has 0 unspecified atom stereocenters. The van der Waals surface area contributed by atoms with Crippen LogP contribution in [0.1, 0.15) is 12.8 Å². The lowest BCUT2D eigenvalue weighted by Gasteiger charge is -2.33. The highest BCUT2D eigenvalue weighted by Gasteiger charge is 2.23. The Balaban J connectivity index is 1.37. The van der Waals surface area contributed by atoms with E-state index in [0.717, 1.165) is 85.8 Å². The van der Waals surface area contributed by atoms with E-state index < -0.39 is 0 Å². The molecule has 5 heterocycles. The van der Waals surface area contributed by atoms with Gasteiger partial charge in [0.1, 0.15) is 11.5 Å². The number of aromatic nitrogens is 3. The predicted molar refractivity (Wildman–Crippen MR) is 128 cm³/mol. The largest absolute Gasteiger partial charge is 0.354 e. The predicted octanol–water partition coefficient (Wildman–Crippen LogP) is 2.66. The van der Waals surface area contributed by atoms with E-state index in [9.17, 15) is 4.79 Å². The first-order valence-electron chi connectivity index (χ1n) is 11.4. The zero-order valence-electron chi connectivity index (χ0n) is 18.8. The summed E-state index contributed by atoms with van der Waals surface area (Å²) in [6.45, 7) is 5.99. The summed E-state index contributed by atoms with van der Waals surface area (Å²) in [5.41, 5.74) is 3.73. The molecule has 0 aliphatic carbocycles. The molecule has 2 aliphatic heterocycles. The van der Waals surface area contributed by atoms with E-state index in [2.05, 4.69) is 55.1 Å². The van der Waals surface area contributed by atoms with Gasteiger partial charge >= 0.3 is 0 Å². The molecule has 8 heteroatoms. The van der Waals surface area contributed by atoms with E-state index in [-0.39, 0.29) is 11.8 Å². The summed E-state index contributed by atoms with van der Waals surface area (Å²) < 4.78 is 0. The lowest BCUT2D eigenvalue weighted by molar-refractivity contribution is -0.121. The van der Waals surface area contributed by atoms with Crippen LogP contribution >= 0.6 is 0 Å². The van der Waals surface area contributed by atoms with E-state index in [4.69, 9.17) is 0 Å². The number of amides is 1. The van der Waals surface area contributed by atoms with Crippen molar-refractivity contribution in [2.45, 2.75) is 12.8 Å². The van der Waals surface area contributed by atoms with Gasteiger partial charge in [-0.2, -0.15) is 0 Å². The van der Waals surface area contributed by atoms with Crippen molar-refractivity contribution in [3.8, 4) is 11.1 Å². The average molecular weight is 434 g/mol. The molecule has 0 radical (unpaired) electrons. The van der Waals surface area contributed by atoms with E-state index in [1.54, 1.807) is 6.20 Å². The number of piperidine rings is 1. The van der Waals surface area contributed by atoms with E-state index >= 15 is 0 Å². The standard InChI is InChI=1S/C24H31N7O/c1-29-7-4-17(5-8-29)24(32)28-19-14-20-21(16-27-23(20)26-15-19)18-3-6-25-22(13-18)31-11-9-30(2)10-12-31/h3,6,13-17H,4-5,7-12H2,1-2H3,(H,26,27)(H,28,32). The number of hydrogen-bond donors (Lipinski definition) is 2. The Morgan fingerprint density at radius 1 is 1.03 bits per heavy atom. The van der Waals surface area contributed by atoms with Gasteiger partial charge < -0.3 is 25.0 Å². The molecule has 5 rings (SSSR count). The Morgan fingerprint density at radius 2 is 1.78 bits per heavy atom. The minimum absolute atomic E-state index is 0.0685. The van der Waals surface area contributed by atoms with E-state index in [0.29, 0.717) is 0 Å². The van der Waals surface area contributed by atoms with Crippen molar-refractivity contribution in [3.63, 3.8) is 0 Å². The molecule has 0 saturated carbocycles. The number of likely N-dealkylation sites (N-methyl/N-ethyl adjacent to an activating group) is 1. The molecule has 1 amide bonds. The van der Waals surface area contributed by atoms with Crippen LogP contribution in [0.2, 0.25) is 0 Å². The number of likely N-dealkylation sites (tertiary alicyclic amines) is 1. The third-order valence-electron chi connectivity index (χ3n) is 6.77. The van der Waals surface area contributed by atoms with Crippen LogP contribution in [0.3, 0.4) is 0 Å². The summed E-state index contributed by atoms with van der Waals surface area (Å²) in [4.78, 5) is 32.1. The molecule has 0 bridgehead atoms. The van der Waals surface area contributed by atoms with E-state index in [1.807, 2.05) is 24.5 Å². The molecule has 2 saturated heterocycles. The van der Waals surface area contributed by atoms with Gasteiger partial charge in [-0.25, -0.2) is 9.97 Å². The van der Waals surface area contributed by atoms with Crippen LogP contribution in [0.4, 0.5) is 11.5 Å². The number of carbonyl (C=O) groups excluding carboxylic acids is 1. The van der Waals surface area contributed by atoms with Gasteiger partial charge in [0.2, 0.25) is 5.91 Å². The lowest BCUT2D eigenvalue weighted by atomic mass is 9.96. The minimum Gasteiger partial charge on any atom is -0.354 e. The third-order valence-corrected chi connectivity index (χ3v) is 6.77. The van der Waals surface area contributed by atoms with Crippen LogP contribution in [-0.2, 0) is 4.79 Å². The topological polar surface area (TPSA) is 80.4 Å². The monoisotopic (exact) mass is 433 g/mol. The van der Waals surface area contributed by atoms with Crippen molar-refractivity contribution in [2.75, 3.05) is 63.6 Å². The highest BCUT2D eigenvalue weighted by molar-refractivity contribution is 5.98. The molecule has 0 atom stereocenters. The van der Waals surface area contributed by atoms with E-state index in [1.165, 1.54) is 0 Å². The Labute approximate surface area is 188 Å². The molecule has 2 N–H and O–H groups in total. The zero-order chi connectivity index (χ0) is 22.1. The van der Waals surface area contributed by atoms with Gasteiger partial charge in [0, 0.05) is 55.4 Å². The number of fused-ring (bicyclic) bond motifs is 1. The van der Waals surface area contributed by atoms with Gasteiger partial charge in [-0.15, -0.1) is 0 Å². The summed E-state index contributed by atoms with van der Waals surface area (Å²) in [5.74, 6) is 1.17. The molecule has 3 aromatic heterocycles. The van der Waals surface area contributed by atoms with Gasteiger partial charge in [0.05, 0.1) is 11.9 Å². The van der Waals surface area contributed by atoms with Crippen molar-refractivity contribution in [2.24, 2.45) is 5.92 Å². The lowest BCUT2D eigenvalue weighted by Crippen LogP contribution is -2.44. The van der Waals surface area contributed by atoms with Crippen LogP contribution in [0.15, 0.2) is 36.8 Å². The Morgan fingerprint density at radius 3 is 2.56 bits per heavy atom. The highest BCUT2D eigenvalue weighted by atomic mass is 16.1. The van der Waals surface area contributed by atoms with Gasteiger partial charge in [-0.1, -0.05) is 0 Å². The van der Waals surface area contributed by atoms with Gasteiger partial charge in [-0.3, -0.25) is 4.79 Å². The van der Waals surface area contributed by atoms with Gasteiger partial charge in [-0.05, 0) is 63.8 Å². The number of aromatic amines is 1. The number of H-pyrrole nitrogens is 1. The first-order valence-corrected chi connectivity index (χ1v) is 11.4. The maximum atomic E-state index is 12.8. The molecular weight excluding hydrogens is 402 g/mol. The molecule has 0 spiro atoms. The number of rotatable bonds is 4. The summed E-state index contributed by atoms with van der Waals surface area (Å²) in [6, 6.07) is 6.21. The van der Waals surface area contributed by atoms with Crippen molar-refractivity contribution in [3.05, 3.63) is 36.8 Å². The first-order chi connectivity index (χ1) is 15.6. The third kappa shape index (κ3) is 4.33. The average Bonchev–Trinajstić information content (AvgIpc) is 3.23. The highest BCUT2D eigenvalue weighted by Crippen LogP contribution is 2.31. The number of piperazine rings is 1. The maximum absolute atomic E-state index is 12.8. The van der Waals surface area contributed by atoms with Gasteiger partial charge in [0.15, 0.2) is 0 Å². The smallest absolute Gasteiger partial charge is 0.227 e. The summed E-state index contributed by atoms with van der Waals surface area (Å²) >= 11 is 0. The van der Waals surface area contributed by atoms with Crippen LogP contribution in [0.5, 0.6) is 0 Å². The Hall–Kier alpha value is -2.97. The quantitative estimate of drug-likeness (QED) is 0.659. The summed E-state index contributed by atoms with van der Waals surface area (Å²) in [6.07, 6.45) is 7.40. The Bertz CT molecular complexity index is 1090. The van der Waals surface area contributed by atoms with Crippen LogP contribution < -0.4 is 10.2 Å². The molecule has 168 valence electrons.